The minimum atomic E-state index is -3.98. The monoisotopic (exact) mass is 631 g/mol. The van der Waals surface area contributed by atoms with Crippen LogP contribution in [0.25, 0.3) is 0 Å². The standard InChI is InChI=1S/C16H22NO5S.3C4H9.Sn/c1-6-13(17-15(18)22-16(3,4)5)11-21-23(19,20)14-9-7-12(2)8-10-14;3*1-3-4-2;/h7-10,13H,1,11H2,2-5H3,(H,17,18);3*1,3-4H2,2H3;/t13-;;;;/m1..../s1. The van der Waals surface area contributed by atoms with Crippen molar-refractivity contribution in [2.75, 3.05) is 6.61 Å². The average molecular weight is 630 g/mol. The summed E-state index contributed by atoms with van der Waals surface area (Å²) in [6, 6.07) is 5.97. The van der Waals surface area contributed by atoms with Crippen LogP contribution in [-0.4, -0.2) is 51.1 Å². The van der Waals surface area contributed by atoms with E-state index in [1.54, 1.807) is 24.3 Å². The fourth-order valence-electron chi connectivity index (χ4n) is 4.38. The van der Waals surface area contributed by atoms with Crippen LogP contribution in [0.2, 0.25) is 13.3 Å². The molecule has 0 aliphatic rings. The Bertz CT molecular complexity index is 900. The number of carbonyl (C=O) groups excluding carboxylic acids is 1. The second-order valence-electron chi connectivity index (χ2n) is 10.9. The van der Waals surface area contributed by atoms with Crippen molar-refractivity contribution in [1.29, 1.82) is 0 Å². The summed E-state index contributed by atoms with van der Waals surface area (Å²) >= 11 is -3.03. The molecule has 8 heteroatoms. The topological polar surface area (TPSA) is 81.7 Å². The van der Waals surface area contributed by atoms with Gasteiger partial charge >= 0.3 is 225 Å². The zero-order chi connectivity index (χ0) is 27.4. The first-order valence-electron chi connectivity index (χ1n) is 13.4. The molecule has 0 heterocycles. The minimum absolute atomic E-state index is 0.104. The van der Waals surface area contributed by atoms with E-state index in [0.717, 1.165) is 61.0 Å². The first-order valence-corrected chi connectivity index (χ1v) is 22.3. The van der Waals surface area contributed by atoms with Crippen molar-refractivity contribution in [3.05, 3.63) is 40.0 Å². The summed E-state index contributed by atoms with van der Waals surface area (Å²) < 4.78 is 41.5. The van der Waals surface area contributed by atoms with Crippen LogP contribution < -0.4 is 5.32 Å². The number of hydrogen-bond acceptors (Lipinski definition) is 5. The quantitative estimate of drug-likeness (QED) is 0.151. The first-order chi connectivity index (χ1) is 16.8. The van der Waals surface area contributed by atoms with Crippen LogP contribution in [0.1, 0.15) is 85.6 Å². The van der Waals surface area contributed by atoms with Crippen LogP contribution in [0, 0.1) is 6.92 Å². The van der Waals surface area contributed by atoms with Gasteiger partial charge in [0.2, 0.25) is 0 Å². The molecule has 1 aromatic rings. The van der Waals surface area contributed by atoms with Crippen LogP contribution in [0.4, 0.5) is 4.79 Å². The molecular formula is C28H49NO5SSn. The molecule has 206 valence electrons. The van der Waals surface area contributed by atoms with Gasteiger partial charge < -0.3 is 0 Å². The predicted molar refractivity (Wildman–Crippen MR) is 152 cm³/mol. The van der Waals surface area contributed by atoms with Crippen molar-refractivity contribution in [2.24, 2.45) is 0 Å². The zero-order valence-electron chi connectivity index (χ0n) is 23.6. The molecule has 0 saturated heterocycles. The number of amides is 1. The maximum absolute atomic E-state index is 13.0. The molecule has 1 aromatic carbocycles. The van der Waals surface area contributed by atoms with Crippen LogP contribution in [-0.2, 0) is 19.0 Å². The van der Waals surface area contributed by atoms with E-state index in [2.05, 4.69) is 32.7 Å². The number of unbranched alkanes of at least 4 members (excludes halogenated alkanes) is 3. The van der Waals surface area contributed by atoms with Crippen molar-refractivity contribution in [3.63, 3.8) is 0 Å². The van der Waals surface area contributed by atoms with Crippen molar-refractivity contribution in [2.45, 2.75) is 117 Å². The summed E-state index contributed by atoms with van der Waals surface area (Å²) in [6.07, 6.45) is 6.12. The Hall–Kier alpha value is -1.06. The fourth-order valence-corrected chi connectivity index (χ4v) is 21.6. The van der Waals surface area contributed by atoms with Crippen LogP contribution in [0.5, 0.6) is 0 Å². The predicted octanol–water partition coefficient (Wildman–Crippen LogP) is 7.54. The van der Waals surface area contributed by atoms with Gasteiger partial charge in [-0.15, -0.1) is 0 Å². The summed E-state index contributed by atoms with van der Waals surface area (Å²) in [6.45, 7) is 18.3. The number of nitrogens with one attached hydrogen (secondary N) is 1. The molecular weight excluding hydrogens is 581 g/mol. The van der Waals surface area contributed by atoms with Gasteiger partial charge in [0.1, 0.15) is 0 Å². The molecule has 0 bridgehead atoms. The Labute approximate surface area is 224 Å². The Morgan fingerprint density at radius 3 is 1.86 bits per heavy atom. The van der Waals surface area contributed by atoms with Crippen LogP contribution in [0.3, 0.4) is 0 Å². The normalized spacial score (nSPS) is 13.3. The SMILES string of the molecule is C=[C]([C@H](COS(=O)(=O)c1ccc(C)cc1)NC(=O)OC(C)(C)C)[Sn]([CH2]CCC)([CH2]CCC)[CH2]CCC. The Balaban J connectivity index is 3.33. The number of ether oxygens (including phenoxy) is 1. The number of alkyl carbamates (subject to hydrolysis) is 1. The van der Waals surface area contributed by atoms with Gasteiger partial charge in [0.05, 0.1) is 0 Å². The summed E-state index contributed by atoms with van der Waals surface area (Å²) in [5.74, 6) is 0. The van der Waals surface area contributed by atoms with Gasteiger partial charge in [-0.3, -0.25) is 0 Å². The molecule has 36 heavy (non-hydrogen) atoms. The third-order valence-corrected chi connectivity index (χ3v) is 23.9. The molecule has 1 amide bonds. The number of aryl methyl sites for hydroxylation is 1. The fraction of sp³-hybridized carbons (Fsp3) is 0.679. The van der Waals surface area contributed by atoms with E-state index in [0.29, 0.717) is 0 Å². The van der Waals surface area contributed by atoms with Crippen molar-refractivity contribution < 1.29 is 22.1 Å². The average Bonchev–Trinajstić information content (AvgIpc) is 2.80. The first kappa shape index (κ1) is 33.0. The molecule has 0 aliphatic carbocycles. The van der Waals surface area contributed by atoms with E-state index in [-0.39, 0.29) is 11.5 Å². The second kappa shape index (κ2) is 15.4. The van der Waals surface area contributed by atoms with Gasteiger partial charge in [-0.05, 0) is 0 Å². The van der Waals surface area contributed by atoms with E-state index in [1.165, 1.54) is 0 Å². The third kappa shape index (κ3) is 11.1. The number of carbonyl (C=O) groups is 1. The van der Waals surface area contributed by atoms with Crippen LogP contribution in [0.15, 0.2) is 39.3 Å². The molecule has 1 rings (SSSR count). The number of rotatable bonds is 16. The van der Waals surface area contributed by atoms with Gasteiger partial charge in [-0.2, -0.15) is 0 Å². The summed E-state index contributed by atoms with van der Waals surface area (Å²) in [7, 11) is -3.98. The molecule has 1 N–H and O–H groups in total. The van der Waals surface area contributed by atoms with Crippen molar-refractivity contribution in [1.82, 2.24) is 5.32 Å². The molecule has 0 aliphatic heterocycles. The summed E-state index contributed by atoms with van der Waals surface area (Å²) in [5.41, 5.74) is 0.297. The molecule has 1 atom stereocenters. The zero-order valence-corrected chi connectivity index (χ0v) is 27.3. The summed E-state index contributed by atoms with van der Waals surface area (Å²) in [4.78, 5) is 12.9. The maximum atomic E-state index is 13.0. The van der Waals surface area contributed by atoms with Crippen LogP contribution >= 0.6 is 0 Å². The van der Waals surface area contributed by atoms with E-state index in [9.17, 15) is 13.2 Å². The van der Waals surface area contributed by atoms with Gasteiger partial charge in [0.15, 0.2) is 0 Å². The van der Waals surface area contributed by atoms with Crippen molar-refractivity contribution >= 4 is 34.6 Å². The van der Waals surface area contributed by atoms with Gasteiger partial charge in [-0.25, -0.2) is 0 Å². The molecule has 0 radical (unpaired) electrons. The molecule has 0 aromatic heterocycles. The second-order valence-corrected chi connectivity index (χ2v) is 25.9. The molecule has 0 fully saturated rings. The number of hydrogen-bond donors (Lipinski definition) is 1. The molecule has 0 unspecified atom stereocenters. The Kier molecular flexibility index (Phi) is 14.1. The molecule has 0 saturated carbocycles. The van der Waals surface area contributed by atoms with Gasteiger partial charge in [0, 0.05) is 0 Å². The van der Waals surface area contributed by atoms with E-state index >= 15 is 0 Å². The van der Waals surface area contributed by atoms with Gasteiger partial charge in [-0.1, -0.05) is 0 Å². The van der Waals surface area contributed by atoms with Gasteiger partial charge in [0.25, 0.3) is 0 Å². The van der Waals surface area contributed by atoms with E-state index in [1.807, 2.05) is 27.7 Å². The Morgan fingerprint density at radius 1 is 0.972 bits per heavy atom. The van der Waals surface area contributed by atoms with E-state index in [4.69, 9.17) is 8.92 Å². The molecule has 0 spiro atoms. The van der Waals surface area contributed by atoms with Crippen molar-refractivity contribution in [3.8, 4) is 0 Å². The molecule has 6 nitrogen and oxygen atoms in total. The summed E-state index contributed by atoms with van der Waals surface area (Å²) in [5, 5.41) is 2.94. The number of benzene rings is 1. The van der Waals surface area contributed by atoms with E-state index < -0.39 is 46.2 Å². The Morgan fingerprint density at radius 2 is 1.44 bits per heavy atom. The third-order valence-electron chi connectivity index (χ3n) is 6.52.